The molecule has 1 aliphatic heterocycles. The number of amides is 1. The van der Waals surface area contributed by atoms with Crippen LogP contribution in [0.5, 0.6) is 0 Å². The molecule has 0 aliphatic carbocycles. The summed E-state index contributed by atoms with van der Waals surface area (Å²) in [7, 11) is 0. The van der Waals surface area contributed by atoms with Crippen molar-refractivity contribution in [2.75, 3.05) is 26.2 Å². The maximum absolute atomic E-state index is 11.2. The van der Waals surface area contributed by atoms with Gasteiger partial charge in [-0.1, -0.05) is 0 Å². The van der Waals surface area contributed by atoms with Gasteiger partial charge in [0.2, 0.25) is 0 Å². The fourth-order valence-corrected chi connectivity index (χ4v) is 1.56. The zero-order valence-corrected chi connectivity index (χ0v) is 11.5. The van der Waals surface area contributed by atoms with E-state index in [4.69, 9.17) is 6.58 Å². The Labute approximate surface area is 99.8 Å². The second-order valence-electron chi connectivity index (χ2n) is 3.62. The SMILES string of the molecule is [CH-]=CC(=O)N1CCN(C(C)C)CC1.[Re]. The maximum atomic E-state index is 11.2. The maximum Gasteiger partial charge on any atom is 0.0868 e. The Morgan fingerprint density at radius 2 is 1.79 bits per heavy atom. The van der Waals surface area contributed by atoms with Crippen LogP contribution < -0.4 is 0 Å². The number of hydrogen-bond donors (Lipinski definition) is 0. The Kier molecular flexibility index (Phi) is 6.27. The van der Waals surface area contributed by atoms with Crippen molar-refractivity contribution in [1.29, 1.82) is 0 Å². The number of hydrogen-bond acceptors (Lipinski definition) is 2. The van der Waals surface area contributed by atoms with Crippen molar-refractivity contribution in [1.82, 2.24) is 9.80 Å². The van der Waals surface area contributed by atoms with Gasteiger partial charge in [0.15, 0.2) is 0 Å². The molecule has 4 heteroatoms. The molecule has 1 aliphatic rings. The molecule has 1 saturated heterocycles. The summed E-state index contributed by atoms with van der Waals surface area (Å²) in [5, 5.41) is 0. The molecule has 0 aromatic heterocycles. The van der Waals surface area contributed by atoms with E-state index in [0.717, 1.165) is 32.3 Å². The van der Waals surface area contributed by atoms with Crippen LogP contribution in [0, 0.1) is 6.58 Å². The van der Waals surface area contributed by atoms with Crippen molar-refractivity contribution in [2.45, 2.75) is 19.9 Å². The monoisotopic (exact) mass is 368 g/mol. The Morgan fingerprint density at radius 3 is 2.14 bits per heavy atom. The summed E-state index contributed by atoms with van der Waals surface area (Å²) in [6.07, 6.45) is 1.14. The number of carbonyl (C=O) groups is 1. The first kappa shape index (κ1) is 13.8. The van der Waals surface area contributed by atoms with Crippen molar-refractivity contribution < 1.29 is 25.2 Å². The Morgan fingerprint density at radius 1 is 1.29 bits per heavy atom. The molecule has 81 valence electrons. The molecule has 0 unspecified atom stereocenters. The Balaban J connectivity index is 0.00000169. The van der Waals surface area contributed by atoms with Crippen LogP contribution in [0.3, 0.4) is 0 Å². The van der Waals surface area contributed by atoms with Gasteiger partial charge < -0.3 is 9.69 Å². The molecule has 14 heavy (non-hydrogen) atoms. The Bertz CT molecular complexity index is 198. The smallest absolute Gasteiger partial charge is 0.0868 e. The molecule has 0 saturated carbocycles. The van der Waals surface area contributed by atoms with E-state index in [0.29, 0.717) is 6.04 Å². The first-order valence-electron chi connectivity index (χ1n) is 4.73. The van der Waals surface area contributed by atoms with E-state index in [1.807, 2.05) is 0 Å². The van der Waals surface area contributed by atoms with Gasteiger partial charge in [0.1, 0.15) is 0 Å². The van der Waals surface area contributed by atoms with Crippen LogP contribution in [0.2, 0.25) is 0 Å². The summed E-state index contributed by atoms with van der Waals surface area (Å²) in [4.78, 5) is 15.3. The van der Waals surface area contributed by atoms with Crippen LogP contribution in [0.4, 0.5) is 0 Å². The van der Waals surface area contributed by atoms with Crippen LogP contribution in [0.15, 0.2) is 6.08 Å². The summed E-state index contributed by atoms with van der Waals surface area (Å²) >= 11 is 0. The minimum atomic E-state index is -0.0524. The minimum absolute atomic E-state index is 0. The van der Waals surface area contributed by atoms with E-state index in [-0.39, 0.29) is 26.3 Å². The van der Waals surface area contributed by atoms with Crippen LogP contribution in [0.25, 0.3) is 0 Å². The number of piperazine rings is 1. The fourth-order valence-electron chi connectivity index (χ4n) is 1.56. The average molecular weight is 367 g/mol. The summed E-state index contributed by atoms with van der Waals surface area (Å²) in [6.45, 7) is 13.0. The van der Waals surface area contributed by atoms with Crippen LogP contribution >= 0.6 is 0 Å². The second kappa shape index (κ2) is 6.34. The van der Waals surface area contributed by atoms with Gasteiger partial charge in [-0.25, -0.2) is 0 Å². The second-order valence-corrected chi connectivity index (χ2v) is 3.62. The van der Waals surface area contributed by atoms with Crippen molar-refractivity contribution in [3.05, 3.63) is 12.7 Å². The van der Waals surface area contributed by atoms with Crippen molar-refractivity contribution in [3.63, 3.8) is 0 Å². The summed E-state index contributed by atoms with van der Waals surface area (Å²) in [5.41, 5.74) is 0. The van der Waals surface area contributed by atoms with E-state index < -0.39 is 0 Å². The summed E-state index contributed by atoms with van der Waals surface area (Å²) < 4.78 is 0. The topological polar surface area (TPSA) is 23.6 Å². The van der Waals surface area contributed by atoms with Gasteiger partial charge >= 0.3 is 0 Å². The van der Waals surface area contributed by atoms with Gasteiger partial charge in [-0.15, -0.1) is 0 Å². The van der Waals surface area contributed by atoms with E-state index in [1.165, 1.54) is 0 Å². The molecule has 0 N–H and O–H groups in total. The van der Waals surface area contributed by atoms with Crippen molar-refractivity contribution >= 4 is 5.91 Å². The standard InChI is InChI=1S/C10H17N2O.Re/c1-4-10(13)12-7-5-11(6-8-12)9(2)3;/h1,4,9H,5-8H2,2-3H3;/q-1;. The molecular weight excluding hydrogens is 350 g/mol. The largest absolute Gasteiger partial charge is 0.415 e. The molecular formula is C10H17N2ORe-. The van der Waals surface area contributed by atoms with Gasteiger partial charge in [0.05, 0.1) is 5.91 Å². The van der Waals surface area contributed by atoms with Gasteiger partial charge in [0, 0.05) is 52.6 Å². The summed E-state index contributed by atoms with van der Waals surface area (Å²) in [6, 6.07) is 0.569. The predicted octanol–water partition coefficient (Wildman–Crippen LogP) is 0.526. The third-order valence-electron chi connectivity index (χ3n) is 2.50. The fraction of sp³-hybridized carbons (Fsp3) is 0.700. The minimum Gasteiger partial charge on any atom is -0.415 e. The molecule has 1 heterocycles. The summed E-state index contributed by atoms with van der Waals surface area (Å²) in [5.74, 6) is -0.0524. The quantitative estimate of drug-likeness (QED) is 0.525. The third-order valence-corrected chi connectivity index (χ3v) is 2.50. The van der Waals surface area contributed by atoms with Crippen LogP contribution in [-0.4, -0.2) is 47.9 Å². The first-order chi connectivity index (χ1) is 6.15. The predicted molar refractivity (Wildman–Crippen MR) is 52.2 cm³/mol. The third kappa shape index (κ3) is 3.53. The molecule has 1 fully saturated rings. The van der Waals surface area contributed by atoms with Crippen LogP contribution in [-0.2, 0) is 25.2 Å². The molecule has 0 atom stereocenters. The van der Waals surface area contributed by atoms with Gasteiger partial charge in [-0.2, -0.15) is 6.08 Å². The molecule has 3 nitrogen and oxygen atoms in total. The molecule has 0 spiro atoms. The zero-order chi connectivity index (χ0) is 9.84. The van der Waals surface area contributed by atoms with Crippen molar-refractivity contribution in [2.24, 2.45) is 0 Å². The molecule has 1 radical (unpaired) electrons. The van der Waals surface area contributed by atoms with Gasteiger partial charge in [0.25, 0.3) is 0 Å². The van der Waals surface area contributed by atoms with E-state index >= 15 is 0 Å². The van der Waals surface area contributed by atoms with Gasteiger partial charge in [-0.3, -0.25) is 11.5 Å². The molecule has 0 aromatic carbocycles. The number of carbonyl (C=O) groups excluding carboxylic acids is 1. The first-order valence-corrected chi connectivity index (χ1v) is 4.73. The number of rotatable bonds is 2. The molecule has 1 amide bonds. The van der Waals surface area contributed by atoms with Crippen molar-refractivity contribution in [3.8, 4) is 0 Å². The van der Waals surface area contributed by atoms with Crippen LogP contribution in [0.1, 0.15) is 13.8 Å². The van der Waals surface area contributed by atoms with E-state index in [2.05, 4.69) is 18.7 Å². The molecule has 1 rings (SSSR count). The zero-order valence-electron chi connectivity index (χ0n) is 8.74. The van der Waals surface area contributed by atoms with Gasteiger partial charge in [-0.05, 0) is 13.8 Å². The van der Waals surface area contributed by atoms with E-state index in [1.54, 1.807) is 4.90 Å². The normalized spacial score (nSPS) is 17.8. The molecule has 0 bridgehead atoms. The molecule has 0 aromatic rings. The number of nitrogens with zero attached hydrogens (tertiary/aromatic N) is 2. The van der Waals surface area contributed by atoms with E-state index in [9.17, 15) is 4.79 Å². The average Bonchev–Trinajstić information content (AvgIpc) is 2.17. The Hall–Kier alpha value is -0.168.